The zero-order valence-electron chi connectivity index (χ0n) is 21.3. The lowest BCUT2D eigenvalue weighted by Crippen LogP contribution is -2.58. The molecule has 206 valence electrons. The quantitative estimate of drug-likeness (QED) is 0.134. The highest BCUT2D eigenvalue weighted by molar-refractivity contribution is 5.94. The van der Waals surface area contributed by atoms with Gasteiger partial charge < -0.3 is 37.6 Å². The Labute approximate surface area is 216 Å². The summed E-state index contributed by atoms with van der Waals surface area (Å²) in [6.07, 6.45) is 1.23. The molecule has 1 rings (SSSR count). The first-order chi connectivity index (χ1) is 17.5. The lowest BCUT2D eigenvalue weighted by Gasteiger charge is -2.26. The smallest absolute Gasteiger partial charge is 0.326 e. The number of amides is 3. The van der Waals surface area contributed by atoms with Gasteiger partial charge in [-0.15, -0.1) is 0 Å². The van der Waals surface area contributed by atoms with Crippen molar-refractivity contribution in [3.63, 3.8) is 0 Å². The molecule has 3 amide bonds. The van der Waals surface area contributed by atoms with Crippen molar-refractivity contribution in [2.24, 2.45) is 17.4 Å². The van der Waals surface area contributed by atoms with Crippen LogP contribution >= 0.6 is 0 Å². The molecule has 0 spiro atoms. The van der Waals surface area contributed by atoms with Gasteiger partial charge in [0, 0.05) is 6.42 Å². The standard InChI is InChI=1S/C25H39N5O7/c1-3-15(2)21(25(36)37)30-23(34)18(11-7-8-12-26)28-24(35)19(13-16-9-5-4-6-10-16)29-22(33)17(27)14-20(31)32/h4-6,9-10,15,17-19,21H,3,7-8,11-14,26-27H2,1-2H3,(H,28,35)(H,29,33)(H,30,34)(H,31,32)(H,36,37). The second kappa shape index (κ2) is 16.3. The molecule has 12 nitrogen and oxygen atoms in total. The number of carboxylic acids is 2. The van der Waals surface area contributed by atoms with E-state index in [9.17, 15) is 29.1 Å². The Bertz CT molecular complexity index is 912. The van der Waals surface area contributed by atoms with Gasteiger partial charge in [0.25, 0.3) is 0 Å². The van der Waals surface area contributed by atoms with Crippen LogP contribution in [-0.2, 0) is 30.4 Å². The average molecular weight is 522 g/mol. The van der Waals surface area contributed by atoms with Crippen LogP contribution in [0.25, 0.3) is 0 Å². The Hall–Kier alpha value is -3.51. The number of carboxylic acid groups (broad SMARTS) is 2. The molecule has 1 aromatic carbocycles. The van der Waals surface area contributed by atoms with E-state index < -0.39 is 60.2 Å². The predicted octanol–water partition coefficient (Wildman–Crippen LogP) is -0.255. The van der Waals surface area contributed by atoms with Crippen molar-refractivity contribution in [2.45, 2.75) is 76.5 Å². The Kier molecular flexibility index (Phi) is 13.9. The molecule has 37 heavy (non-hydrogen) atoms. The molecular formula is C25H39N5O7. The minimum atomic E-state index is -1.38. The highest BCUT2D eigenvalue weighted by atomic mass is 16.4. The summed E-state index contributed by atoms with van der Waals surface area (Å²) in [6.45, 7) is 3.88. The third kappa shape index (κ3) is 11.4. The van der Waals surface area contributed by atoms with Gasteiger partial charge in [-0.3, -0.25) is 19.2 Å². The summed E-state index contributed by atoms with van der Waals surface area (Å²) < 4.78 is 0. The van der Waals surface area contributed by atoms with Crippen LogP contribution in [0, 0.1) is 5.92 Å². The van der Waals surface area contributed by atoms with Gasteiger partial charge in [0.2, 0.25) is 17.7 Å². The van der Waals surface area contributed by atoms with E-state index in [0.717, 1.165) is 0 Å². The Morgan fingerprint density at radius 3 is 2.03 bits per heavy atom. The van der Waals surface area contributed by atoms with Gasteiger partial charge in [0.15, 0.2) is 0 Å². The maximum absolute atomic E-state index is 13.3. The van der Waals surface area contributed by atoms with Crippen LogP contribution < -0.4 is 27.4 Å². The van der Waals surface area contributed by atoms with Crippen LogP contribution in [0.5, 0.6) is 0 Å². The summed E-state index contributed by atoms with van der Waals surface area (Å²) in [7, 11) is 0. The van der Waals surface area contributed by atoms with E-state index in [1.807, 2.05) is 0 Å². The van der Waals surface area contributed by atoms with E-state index in [1.165, 1.54) is 0 Å². The summed E-state index contributed by atoms with van der Waals surface area (Å²) in [5.74, 6) is -4.98. The van der Waals surface area contributed by atoms with Crippen LogP contribution in [0.1, 0.15) is 51.5 Å². The molecule has 0 radical (unpaired) electrons. The topological polar surface area (TPSA) is 214 Å². The third-order valence-electron chi connectivity index (χ3n) is 6.00. The van der Waals surface area contributed by atoms with Crippen LogP contribution in [0.4, 0.5) is 0 Å². The van der Waals surface area contributed by atoms with Crippen molar-refractivity contribution >= 4 is 29.7 Å². The van der Waals surface area contributed by atoms with Crippen LogP contribution in [-0.4, -0.2) is 70.6 Å². The fraction of sp³-hybridized carbons (Fsp3) is 0.560. The van der Waals surface area contributed by atoms with E-state index >= 15 is 0 Å². The molecule has 0 saturated carbocycles. The van der Waals surface area contributed by atoms with E-state index in [2.05, 4.69) is 16.0 Å². The van der Waals surface area contributed by atoms with Gasteiger partial charge in [-0.05, 0) is 37.3 Å². The predicted molar refractivity (Wildman–Crippen MR) is 136 cm³/mol. The summed E-state index contributed by atoms with van der Waals surface area (Å²) in [5, 5.41) is 26.1. The van der Waals surface area contributed by atoms with E-state index in [4.69, 9.17) is 16.6 Å². The largest absolute Gasteiger partial charge is 0.481 e. The van der Waals surface area contributed by atoms with E-state index in [1.54, 1.807) is 44.2 Å². The highest BCUT2D eigenvalue weighted by Crippen LogP contribution is 2.11. The molecule has 0 aromatic heterocycles. The maximum Gasteiger partial charge on any atom is 0.326 e. The number of nitrogens with one attached hydrogen (secondary N) is 3. The van der Waals surface area contributed by atoms with Crippen LogP contribution in [0.3, 0.4) is 0 Å². The number of aliphatic carboxylic acids is 2. The number of benzene rings is 1. The van der Waals surface area contributed by atoms with E-state index in [-0.39, 0.29) is 18.8 Å². The Balaban J connectivity index is 3.13. The second-order valence-corrected chi connectivity index (χ2v) is 9.01. The van der Waals surface area contributed by atoms with Crippen LogP contribution in [0.2, 0.25) is 0 Å². The first-order valence-corrected chi connectivity index (χ1v) is 12.3. The minimum Gasteiger partial charge on any atom is -0.481 e. The number of unbranched alkanes of at least 4 members (excludes halogenated alkanes) is 1. The summed E-state index contributed by atoms with van der Waals surface area (Å²) in [5.41, 5.74) is 11.9. The first kappa shape index (κ1) is 31.5. The lowest BCUT2D eigenvalue weighted by atomic mass is 9.98. The van der Waals surface area contributed by atoms with Crippen LogP contribution in [0.15, 0.2) is 30.3 Å². The fourth-order valence-electron chi connectivity index (χ4n) is 3.59. The third-order valence-corrected chi connectivity index (χ3v) is 6.00. The van der Waals surface area contributed by atoms with Gasteiger partial charge in [-0.25, -0.2) is 4.79 Å². The molecule has 9 N–H and O–H groups in total. The molecule has 5 unspecified atom stereocenters. The summed E-state index contributed by atoms with van der Waals surface area (Å²) in [6, 6.07) is 4.04. The Morgan fingerprint density at radius 2 is 1.49 bits per heavy atom. The lowest BCUT2D eigenvalue weighted by molar-refractivity contribution is -0.144. The molecule has 12 heteroatoms. The molecule has 0 aliphatic rings. The molecule has 0 aliphatic heterocycles. The number of carbonyl (C=O) groups excluding carboxylic acids is 3. The molecule has 0 bridgehead atoms. The van der Waals surface area contributed by atoms with Crippen molar-refractivity contribution in [2.75, 3.05) is 6.54 Å². The van der Waals surface area contributed by atoms with Gasteiger partial charge in [-0.2, -0.15) is 0 Å². The molecule has 0 saturated heterocycles. The highest BCUT2D eigenvalue weighted by Gasteiger charge is 2.32. The molecule has 0 fully saturated rings. The fourth-order valence-corrected chi connectivity index (χ4v) is 3.59. The van der Waals surface area contributed by atoms with Crippen molar-refractivity contribution < 1.29 is 34.2 Å². The maximum atomic E-state index is 13.3. The number of hydrogen-bond acceptors (Lipinski definition) is 7. The number of rotatable bonds is 17. The molecule has 1 aromatic rings. The number of carbonyl (C=O) groups is 5. The molecule has 5 atom stereocenters. The molecule has 0 heterocycles. The van der Waals surface area contributed by atoms with Crippen molar-refractivity contribution in [1.29, 1.82) is 0 Å². The summed E-state index contributed by atoms with van der Waals surface area (Å²) in [4.78, 5) is 61.5. The molecular weight excluding hydrogens is 482 g/mol. The van der Waals surface area contributed by atoms with Crippen molar-refractivity contribution in [3.05, 3.63) is 35.9 Å². The first-order valence-electron chi connectivity index (χ1n) is 12.3. The van der Waals surface area contributed by atoms with Gasteiger partial charge in [0.1, 0.15) is 18.1 Å². The summed E-state index contributed by atoms with van der Waals surface area (Å²) >= 11 is 0. The molecule has 0 aliphatic carbocycles. The van der Waals surface area contributed by atoms with Gasteiger partial charge in [-0.1, -0.05) is 50.6 Å². The second-order valence-electron chi connectivity index (χ2n) is 9.01. The number of nitrogens with two attached hydrogens (primary N) is 2. The SMILES string of the molecule is CCC(C)C(NC(=O)C(CCCCN)NC(=O)C(Cc1ccccc1)NC(=O)C(N)CC(=O)O)C(=O)O. The van der Waals surface area contributed by atoms with Gasteiger partial charge in [0.05, 0.1) is 12.5 Å². The Morgan fingerprint density at radius 1 is 0.892 bits per heavy atom. The van der Waals surface area contributed by atoms with Crippen molar-refractivity contribution in [1.82, 2.24) is 16.0 Å². The van der Waals surface area contributed by atoms with E-state index in [0.29, 0.717) is 31.4 Å². The normalized spacial score (nSPS) is 14.9. The zero-order chi connectivity index (χ0) is 28.0. The monoisotopic (exact) mass is 521 g/mol. The van der Waals surface area contributed by atoms with Gasteiger partial charge >= 0.3 is 11.9 Å². The zero-order valence-corrected chi connectivity index (χ0v) is 21.3. The minimum absolute atomic E-state index is 0.0555. The average Bonchev–Trinajstić information content (AvgIpc) is 2.85. The number of hydrogen-bond donors (Lipinski definition) is 7. The van der Waals surface area contributed by atoms with Crippen molar-refractivity contribution in [3.8, 4) is 0 Å².